The van der Waals surface area contributed by atoms with Crippen LogP contribution in [0.1, 0.15) is 37.6 Å². The van der Waals surface area contributed by atoms with E-state index in [1.54, 1.807) is 6.07 Å². The van der Waals surface area contributed by atoms with Crippen molar-refractivity contribution in [3.05, 3.63) is 17.5 Å². The Kier molecular flexibility index (Phi) is 4.02. The van der Waals surface area contributed by atoms with Crippen molar-refractivity contribution in [2.45, 2.75) is 44.7 Å². The highest BCUT2D eigenvalue weighted by Gasteiger charge is 2.25. The Morgan fingerprint density at radius 3 is 3.17 bits per heavy atom. The molecule has 5 nitrogen and oxygen atoms in total. The van der Waals surface area contributed by atoms with E-state index in [4.69, 9.17) is 20.4 Å². The average molecular weight is 251 g/mol. The van der Waals surface area contributed by atoms with Gasteiger partial charge in [0.15, 0.2) is 17.7 Å². The molecule has 18 heavy (non-hydrogen) atoms. The molecule has 2 atom stereocenters. The van der Waals surface area contributed by atoms with E-state index in [1.807, 2.05) is 0 Å². The number of rotatable bonds is 4. The molecular weight excluding hydrogens is 234 g/mol. The molecule has 1 N–H and O–H groups in total. The molecule has 1 fully saturated rings. The number of hydrogen-bond acceptors (Lipinski definition) is 5. The largest absolute Gasteiger partial charge is 0.372 e. The van der Waals surface area contributed by atoms with Crippen molar-refractivity contribution < 1.29 is 19.1 Å². The van der Waals surface area contributed by atoms with Gasteiger partial charge in [0.1, 0.15) is 12.3 Å². The van der Waals surface area contributed by atoms with Gasteiger partial charge in [-0.3, -0.25) is 0 Å². The second kappa shape index (κ2) is 5.53. The van der Waals surface area contributed by atoms with Gasteiger partial charge in [-0.15, -0.1) is 6.42 Å². The molecule has 0 aliphatic carbocycles. The molecule has 0 amide bonds. The van der Waals surface area contributed by atoms with Gasteiger partial charge in [0.25, 0.3) is 0 Å². The van der Waals surface area contributed by atoms with Crippen LogP contribution in [0.25, 0.3) is 0 Å². The van der Waals surface area contributed by atoms with Crippen molar-refractivity contribution in [2.24, 2.45) is 0 Å². The van der Waals surface area contributed by atoms with Crippen LogP contribution in [0.3, 0.4) is 0 Å². The van der Waals surface area contributed by atoms with Crippen molar-refractivity contribution in [1.82, 2.24) is 5.16 Å². The smallest absolute Gasteiger partial charge is 0.168 e. The van der Waals surface area contributed by atoms with Crippen molar-refractivity contribution in [3.8, 4) is 12.3 Å². The monoisotopic (exact) mass is 251 g/mol. The van der Waals surface area contributed by atoms with Crippen molar-refractivity contribution in [3.63, 3.8) is 0 Å². The fourth-order valence-corrected chi connectivity index (χ4v) is 1.70. The lowest BCUT2D eigenvalue weighted by molar-refractivity contribution is -0.171. The van der Waals surface area contributed by atoms with Gasteiger partial charge in [-0.05, 0) is 26.2 Å². The molecule has 0 bridgehead atoms. The van der Waals surface area contributed by atoms with Crippen LogP contribution in [0.2, 0.25) is 0 Å². The molecule has 1 saturated heterocycles. The molecule has 98 valence electrons. The summed E-state index contributed by atoms with van der Waals surface area (Å²) >= 11 is 0. The van der Waals surface area contributed by atoms with E-state index in [0.717, 1.165) is 25.9 Å². The molecule has 0 radical (unpaired) electrons. The van der Waals surface area contributed by atoms with E-state index >= 15 is 0 Å². The van der Waals surface area contributed by atoms with Gasteiger partial charge in [0, 0.05) is 12.7 Å². The minimum atomic E-state index is -1.41. The molecule has 1 aromatic rings. The maximum absolute atomic E-state index is 9.80. The fourth-order valence-electron chi connectivity index (χ4n) is 1.70. The lowest BCUT2D eigenvalue weighted by Crippen LogP contribution is -2.22. The second-order valence-electron chi connectivity index (χ2n) is 4.50. The van der Waals surface area contributed by atoms with Gasteiger partial charge in [0.05, 0.1) is 0 Å². The molecule has 0 spiro atoms. The number of aliphatic hydroxyl groups is 1. The number of aromatic nitrogens is 1. The molecule has 0 saturated carbocycles. The van der Waals surface area contributed by atoms with Crippen LogP contribution in [0, 0.1) is 12.3 Å². The standard InChI is InChI=1S/C13H17NO4/c1-3-13(2,15)11-8-10(18-14-11)9-17-12-6-4-5-7-16-12/h1,8,12,15H,4-7,9H2,2H3. The third kappa shape index (κ3) is 3.10. The van der Waals surface area contributed by atoms with Crippen LogP contribution in [0.5, 0.6) is 0 Å². The summed E-state index contributed by atoms with van der Waals surface area (Å²) in [5.41, 5.74) is -1.10. The van der Waals surface area contributed by atoms with Crippen LogP contribution in [-0.4, -0.2) is 23.2 Å². The first kappa shape index (κ1) is 13.1. The van der Waals surface area contributed by atoms with Gasteiger partial charge >= 0.3 is 0 Å². The lowest BCUT2D eigenvalue weighted by Gasteiger charge is -2.21. The zero-order valence-corrected chi connectivity index (χ0v) is 10.4. The first-order chi connectivity index (χ1) is 8.62. The SMILES string of the molecule is C#CC(C)(O)c1cc(COC2CCCCO2)on1. The molecule has 2 unspecified atom stereocenters. The Hall–Kier alpha value is -1.35. The van der Waals surface area contributed by atoms with Crippen molar-refractivity contribution >= 4 is 0 Å². The number of hydrogen-bond donors (Lipinski definition) is 1. The van der Waals surface area contributed by atoms with E-state index in [9.17, 15) is 5.11 Å². The predicted molar refractivity (Wildman–Crippen MR) is 63.3 cm³/mol. The topological polar surface area (TPSA) is 64.7 Å². The Morgan fingerprint density at radius 2 is 2.50 bits per heavy atom. The first-order valence-corrected chi connectivity index (χ1v) is 6.01. The summed E-state index contributed by atoms with van der Waals surface area (Å²) in [5, 5.41) is 13.5. The normalized spacial score (nSPS) is 23.3. The summed E-state index contributed by atoms with van der Waals surface area (Å²) in [4.78, 5) is 0. The third-order valence-corrected chi connectivity index (χ3v) is 2.89. The molecule has 2 heterocycles. The van der Waals surface area contributed by atoms with E-state index in [2.05, 4.69) is 11.1 Å². The van der Waals surface area contributed by atoms with Gasteiger partial charge < -0.3 is 19.1 Å². The summed E-state index contributed by atoms with van der Waals surface area (Å²) in [6.45, 7) is 2.48. The molecule has 1 aliphatic heterocycles. The Labute approximate surface area is 106 Å². The highest BCUT2D eigenvalue weighted by molar-refractivity contribution is 5.22. The van der Waals surface area contributed by atoms with Gasteiger partial charge in [-0.1, -0.05) is 11.1 Å². The lowest BCUT2D eigenvalue weighted by atomic mass is 10.0. The van der Waals surface area contributed by atoms with Crippen LogP contribution in [-0.2, 0) is 21.7 Å². The maximum atomic E-state index is 9.80. The summed E-state index contributed by atoms with van der Waals surface area (Å²) < 4.78 is 16.0. The molecule has 5 heteroatoms. The zero-order chi connectivity index (χ0) is 13.0. The Balaban J connectivity index is 1.89. The van der Waals surface area contributed by atoms with Crippen LogP contribution in [0.4, 0.5) is 0 Å². The molecule has 2 rings (SSSR count). The first-order valence-electron chi connectivity index (χ1n) is 6.01. The van der Waals surface area contributed by atoms with Crippen molar-refractivity contribution in [1.29, 1.82) is 0 Å². The summed E-state index contributed by atoms with van der Waals surface area (Å²) in [5.74, 6) is 2.77. The molecule has 0 aromatic carbocycles. The number of terminal acetylenes is 1. The summed E-state index contributed by atoms with van der Waals surface area (Å²) in [6, 6.07) is 1.60. The summed E-state index contributed by atoms with van der Waals surface area (Å²) in [6.07, 6.45) is 8.11. The predicted octanol–water partition coefficient (Wildman–Crippen LogP) is 1.56. The van der Waals surface area contributed by atoms with Gasteiger partial charge in [0.2, 0.25) is 0 Å². The van der Waals surface area contributed by atoms with Crippen LogP contribution in [0.15, 0.2) is 10.6 Å². The zero-order valence-electron chi connectivity index (χ0n) is 10.4. The average Bonchev–Trinajstić information content (AvgIpc) is 2.87. The molecule has 1 aliphatic rings. The Morgan fingerprint density at radius 1 is 1.67 bits per heavy atom. The number of ether oxygens (including phenoxy) is 2. The fraction of sp³-hybridized carbons (Fsp3) is 0.615. The van der Waals surface area contributed by atoms with E-state index in [1.165, 1.54) is 6.92 Å². The van der Waals surface area contributed by atoms with Gasteiger partial charge in [-0.2, -0.15) is 0 Å². The maximum Gasteiger partial charge on any atom is 0.168 e. The van der Waals surface area contributed by atoms with E-state index in [0.29, 0.717) is 11.5 Å². The van der Waals surface area contributed by atoms with Gasteiger partial charge in [-0.25, -0.2) is 0 Å². The van der Waals surface area contributed by atoms with E-state index < -0.39 is 5.60 Å². The third-order valence-electron chi connectivity index (χ3n) is 2.89. The highest BCUT2D eigenvalue weighted by atomic mass is 16.7. The molecular formula is C13H17NO4. The van der Waals surface area contributed by atoms with Crippen LogP contribution < -0.4 is 0 Å². The van der Waals surface area contributed by atoms with Crippen LogP contribution >= 0.6 is 0 Å². The minimum Gasteiger partial charge on any atom is -0.372 e. The second-order valence-corrected chi connectivity index (χ2v) is 4.50. The minimum absolute atomic E-state index is 0.180. The number of nitrogens with zero attached hydrogens (tertiary/aromatic N) is 1. The quantitative estimate of drug-likeness (QED) is 0.823. The van der Waals surface area contributed by atoms with E-state index in [-0.39, 0.29) is 12.9 Å². The Bertz CT molecular complexity index is 426. The highest BCUT2D eigenvalue weighted by Crippen LogP contribution is 2.21. The molecule has 1 aromatic heterocycles. The van der Waals surface area contributed by atoms with Crippen molar-refractivity contribution in [2.75, 3.05) is 6.61 Å². The summed E-state index contributed by atoms with van der Waals surface area (Å²) in [7, 11) is 0.